The predicted molar refractivity (Wildman–Crippen MR) is 94.9 cm³/mol. The SMILES string of the molecule is CCNc1nc(C)nc2c(-c3c(C)cc(C)cc3C)n(C)nc12. The lowest BCUT2D eigenvalue weighted by atomic mass is 9.96. The third-order valence-corrected chi connectivity index (χ3v) is 4.05. The average Bonchev–Trinajstić information content (AvgIpc) is 2.75. The van der Waals surface area contributed by atoms with Crippen LogP contribution in [-0.2, 0) is 7.05 Å². The highest BCUT2D eigenvalue weighted by Gasteiger charge is 2.20. The molecule has 0 radical (unpaired) electrons. The van der Waals surface area contributed by atoms with Crippen molar-refractivity contribution < 1.29 is 0 Å². The Hall–Kier alpha value is -2.43. The standard InChI is InChI=1S/C18H23N5/c1-7-19-18-16-15(20-13(5)21-18)17(23(6)22-16)14-11(3)8-10(2)9-12(14)4/h8-9H,7H2,1-6H3,(H,19,20,21). The fourth-order valence-electron chi connectivity index (χ4n) is 3.30. The van der Waals surface area contributed by atoms with Gasteiger partial charge in [0.25, 0.3) is 0 Å². The van der Waals surface area contributed by atoms with Crippen molar-refractivity contribution in [3.05, 3.63) is 34.6 Å². The first-order chi connectivity index (χ1) is 10.9. The number of hydrogen-bond acceptors (Lipinski definition) is 4. The van der Waals surface area contributed by atoms with Crippen molar-refractivity contribution in [2.24, 2.45) is 7.05 Å². The summed E-state index contributed by atoms with van der Waals surface area (Å²) < 4.78 is 1.92. The summed E-state index contributed by atoms with van der Waals surface area (Å²) in [5.41, 5.74) is 7.76. The number of benzene rings is 1. The highest BCUT2D eigenvalue weighted by atomic mass is 15.3. The van der Waals surface area contributed by atoms with E-state index in [0.717, 1.165) is 34.9 Å². The number of anilines is 1. The van der Waals surface area contributed by atoms with Crippen LogP contribution >= 0.6 is 0 Å². The van der Waals surface area contributed by atoms with Crippen LogP contribution in [-0.4, -0.2) is 26.3 Å². The van der Waals surface area contributed by atoms with Crippen molar-refractivity contribution in [1.29, 1.82) is 0 Å². The Labute approximate surface area is 136 Å². The molecule has 3 aromatic rings. The van der Waals surface area contributed by atoms with E-state index in [4.69, 9.17) is 0 Å². The van der Waals surface area contributed by atoms with Crippen LogP contribution in [0.1, 0.15) is 29.4 Å². The van der Waals surface area contributed by atoms with Crippen molar-refractivity contribution in [2.75, 3.05) is 11.9 Å². The second-order valence-electron chi connectivity index (χ2n) is 6.09. The summed E-state index contributed by atoms with van der Waals surface area (Å²) in [4.78, 5) is 9.19. The Balaban J connectivity index is 2.37. The molecular weight excluding hydrogens is 286 g/mol. The first-order valence-corrected chi connectivity index (χ1v) is 7.95. The third-order valence-electron chi connectivity index (χ3n) is 4.05. The molecule has 0 fully saturated rings. The van der Waals surface area contributed by atoms with Crippen LogP contribution in [0.2, 0.25) is 0 Å². The zero-order chi connectivity index (χ0) is 16.7. The molecule has 5 heteroatoms. The lowest BCUT2D eigenvalue weighted by Crippen LogP contribution is -2.02. The van der Waals surface area contributed by atoms with Crippen molar-refractivity contribution in [1.82, 2.24) is 19.7 Å². The van der Waals surface area contributed by atoms with Gasteiger partial charge in [0, 0.05) is 19.2 Å². The molecule has 1 aromatic carbocycles. The van der Waals surface area contributed by atoms with Crippen LogP contribution in [0.25, 0.3) is 22.3 Å². The number of aryl methyl sites for hydroxylation is 5. The molecule has 0 unspecified atom stereocenters. The van der Waals surface area contributed by atoms with E-state index in [-0.39, 0.29) is 0 Å². The third kappa shape index (κ3) is 2.56. The lowest BCUT2D eigenvalue weighted by Gasteiger charge is -2.12. The first-order valence-electron chi connectivity index (χ1n) is 7.95. The highest BCUT2D eigenvalue weighted by Crippen LogP contribution is 2.34. The number of nitrogens with zero attached hydrogens (tertiary/aromatic N) is 4. The molecule has 0 saturated heterocycles. The summed E-state index contributed by atoms with van der Waals surface area (Å²) in [6, 6.07) is 4.42. The largest absolute Gasteiger partial charge is 0.368 e. The van der Waals surface area contributed by atoms with Gasteiger partial charge in [-0.15, -0.1) is 0 Å². The minimum atomic E-state index is 0.755. The smallest absolute Gasteiger partial charge is 0.158 e. The molecule has 120 valence electrons. The van der Waals surface area contributed by atoms with Gasteiger partial charge in [0.15, 0.2) is 11.3 Å². The van der Waals surface area contributed by atoms with Gasteiger partial charge in [-0.25, -0.2) is 9.97 Å². The first kappa shape index (κ1) is 15.5. The minimum Gasteiger partial charge on any atom is -0.368 e. The minimum absolute atomic E-state index is 0.755. The van der Waals surface area contributed by atoms with Gasteiger partial charge in [0.05, 0.1) is 5.69 Å². The summed E-state index contributed by atoms with van der Waals surface area (Å²) in [5.74, 6) is 1.56. The predicted octanol–water partition coefficient (Wildman–Crippen LogP) is 3.70. The molecule has 0 aliphatic carbocycles. The van der Waals surface area contributed by atoms with Crippen LogP contribution < -0.4 is 5.32 Å². The Morgan fingerprint density at radius 2 is 1.65 bits per heavy atom. The molecule has 3 rings (SSSR count). The molecule has 0 saturated carbocycles. The molecule has 5 nitrogen and oxygen atoms in total. The zero-order valence-corrected chi connectivity index (χ0v) is 14.7. The fourth-order valence-corrected chi connectivity index (χ4v) is 3.30. The number of nitrogens with one attached hydrogen (secondary N) is 1. The summed E-state index contributed by atoms with van der Waals surface area (Å²) in [6.45, 7) is 11.2. The second kappa shape index (κ2) is 5.65. The maximum absolute atomic E-state index is 4.69. The lowest BCUT2D eigenvalue weighted by molar-refractivity contribution is 0.786. The monoisotopic (exact) mass is 309 g/mol. The summed E-state index contributed by atoms with van der Waals surface area (Å²) in [5, 5.41) is 7.98. The van der Waals surface area contributed by atoms with Gasteiger partial charge in [-0.3, -0.25) is 4.68 Å². The Kier molecular flexibility index (Phi) is 3.80. The molecule has 0 amide bonds. The second-order valence-corrected chi connectivity index (χ2v) is 6.09. The van der Waals surface area contributed by atoms with Gasteiger partial charge in [-0.2, -0.15) is 5.10 Å². The van der Waals surface area contributed by atoms with E-state index in [9.17, 15) is 0 Å². The summed E-state index contributed by atoms with van der Waals surface area (Å²) >= 11 is 0. The molecule has 0 atom stereocenters. The molecule has 0 aliphatic rings. The van der Waals surface area contributed by atoms with E-state index in [2.05, 4.69) is 60.2 Å². The zero-order valence-electron chi connectivity index (χ0n) is 14.7. The van der Waals surface area contributed by atoms with Gasteiger partial charge in [0.2, 0.25) is 0 Å². The van der Waals surface area contributed by atoms with Gasteiger partial charge in [0.1, 0.15) is 11.3 Å². The van der Waals surface area contributed by atoms with Crippen LogP contribution in [0.4, 0.5) is 5.82 Å². The van der Waals surface area contributed by atoms with Crippen molar-refractivity contribution in [2.45, 2.75) is 34.6 Å². The van der Waals surface area contributed by atoms with E-state index >= 15 is 0 Å². The van der Waals surface area contributed by atoms with E-state index in [1.807, 2.05) is 18.7 Å². The average molecular weight is 309 g/mol. The number of rotatable bonds is 3. The molecular formula is C18H23N5. The molecule has 2 heterocycles. The van der Waals surface area contributed by atoms with Gasteiger partial charge in [-0.1, -0.05) is 17.7 Å². The molecule has 0 bridgehead atoms. The van der Waals surface area contributed by atoms with Gasteiger partial charge >= 0.3 is 0 Å². The number of aromatic nitrogens is 4. The molecule has 1 N–H and O–H groups in total. The Morgan fingerprint density at radius 3 is 2.26 bits per heavy atom. The van der Waals surface area contributed by atoms with E-state index in [0.29, 0.717) is 0 Å². The number of fused-ring (bicyclic) bond motifs is 1. The van der Waals surface area contributed by atoms with Crippen molar-refractivity contribution >= 4 is 16.9 Å². The van der Waals surface area contributed by atoms with Gasteiger partial charge < -0.3 is 5.32 Å². The van der Waals surface area contributed by atoms with Crippen LogP contribution in [0.15, 0.2) is 12.1 Å². The topological polar surface area (TPSA) is 55.6 Å². The maximum Gasteiger partial charge on any atom is 0.158 e. The fraction of sp³-hybridized carbons (Fsp3) is 0.389. The molecule has 2 aromatic heterocycles. The quantitative estimate of drug-likeness (QED) is 0.801. The van der Waals surface area contributed by atoms with Crippen LogP contribution in [0, 0.1) is 27.7 Å². The molecule has 0 spiro atoms. The Bertz CT molecular complexity index is 869. The number of hydrogen-bond donors (Lipinski definition) is 1. The normalized spacial score (nSPS) is 11.2. The summed E-state index contributed by atoms with van der Waals surface area (Å²) in [6.07, 6.45) is 0. The highest BCUT2D eigenvalue weighted by molar-refractivity contribution is 5.97. The summed E-state index contributed by atoms with van der Waals surface area (Å²) in [7, 11) is 1.97. The molecule has 23 heavy (non-hydrogen) atoms. The Morgan fingerprint density at radius 1 is 1.00 bits per heavy atom. The van der Waals surface area contributed by atoms with E-state index < -0.39 is 0 Å². The van der Waals surface area contributed by atoms with Crippen molar-refractivity contribution in [3.8, 4) is 11.3 Å². The van der Waals surface area contributed by atoms with E-state index in [1.54, 1.807) is 0 Å². The van der Waals surface area contributed by atoms with E-state index in [1.165, 1.54) is 22.3 Å². The van der Waals surface area contributed by atoms with Crippen molar-refractivity contribution in [3.63, 3.8) is 0 Å². The maximum atomic E-state index is 4.69. The van der Waals surface area contributed by atoms with Gasteiger partial charge in [-0.05, 0) is 45.7 Å². The molecule has 0 aliphatic heterocycles. The van der Waals surface area contributed by atoms with Crippen LogP contribution in [0.3, 0.4) is 0 Å². The van der Waals surface area contributed by atoms with Crippen LogP contribution in [0.5, 0.6) is 0 Å².